The number of aliphatic hydroxyl groups is 5. The number of hydrogen-bond acceptors (Lipinski definition) is 10. The van der Waals surface area contributed by atoms with Crippen LogP contribution in [0.25, 0.3) is 0 Å². The van der Waals surface area contributed by atoms with Crippen molar-refractivity contribution in [2.24, 2.45) is 0 Å². The van der Waals surface area contributed by atoms with E-state index in [0.717, 1.165) is 109 Å². The molecule has 8 unspecified atom stereocenters. The standard InChI is InChI=1S/C82H145NO10/c1-4-7-10-13-16-19-22-25-27-29-31-33-35-37-38-39-41-43-45-47-49-52-55-58-61-64-67-70-77(87)93-80-79(89)78(88)76(71-84)92-82(80)91-72-73(74(85)68-65-62-59-56-53-50-24-21-18-15-12-9-6-3)83-81(90)75(86)69-66-63-60-57-54-51-48-46-44-42-40-36-34-32-30-28-26-23-20-17-14-11-8-5-2/h8,11,17,20,25-28,32,34,40,42,46,48,65,68,73-76,78-80,82,84-86,88-89H,4-7,9-10,12-16,18-19,21-24,29-31,33,35-39,41,43-45,47,49-64,66-67,69-72H2,1-3H3,(H,83,90)/b11-8-,20-17-,27-25+,28-26-,34-32-,42-40-,48-46-,68-65+. The Hall–Kier alpha value is -3.42. The molecule has 0 bridgehead atoms. The minimum atomic E-state index is -1.62. The molecule has 1 aliphatic rings. The Balaban J connectivity index is 2.54. The van der Waals surface area contributed by atoms with Crippen molar-refractivity contribution in [3.63, 3.8) is 0 Å². The van der Waals surface area contributed by atoms with Gasteiger partial charge < -0.3 is 45.1 Å². The van der Waals surface area contributed by atoms with Gasteiger partial charge in [-0.3, -0.25) is 9.59 Å². The van der Waals surface area contributed by atoms with Crippen molar-refractivity contribution in [2.75, 3.05) is 13.2 Å². The van der Waals surface area contributed by atoms with Crippen LogP contribution in [0.15, 0.2) is 97.2 Å². The second-order valence-corrected chi connectivity index (χ2v) is 26.7. The molecular weight excluding hydrogens is 1160 g/mol. The number of hydrogen-bond donors (Lipinski definition) is 6. The molecule has 1 fully saturated rings. The topological polar surface area (TPSA) is 175 Å². The van der Waals surface area contributed by atoms with Crippen LogP contribution in [0.2, 0.25) is 0 Å². The van der Waals surface area contributed by atoms with Crippen LogP contribution in [0.3, 0.4) is 0 Å². The molecule has 0 aliphatic carbocycles. The molecule has 0 aromatic carbocycles. The third-order valence-electron chi connectivity index (χ3n) is 18.0. The molecule has 93 heavy (non-hydrogen) atoms. The Bertz CT molecular complexity index is 1890. The molecule has 0 saturated carbocycles. The highest BCUT2D eigenvalue weighted by Gasteiger charge is 2.47. The van der Waals surface area contributed by atoms with Crippen LogP contribution in [-0.4, -0.2) is 99.6 Å². The molecule has 1 amide bonds. The largest absolute Gasteiger partial charge is 0.454 e. The van der Waals surface area contributed by atoms with E-state index in [1.807, 2.05) is 6.08 Å². The molecule has 6 N–H and O–H groups in total. The van der Waals surface area contributed by atoms with E-state index in [4.69, 9.17) is 14.2 Å². The molecule has 1 heterocycles. The zero-order valence-electron chi connectivity index (χ0n) is 60.1. The van der Waals surface area contributed by atoms with Crippen LogP contribution in [0.5, 0.6) is 0 Å². The SMILES string of the molecule is CC/C=C\C/C=C\C/C=C\C/C=C\C/C=C\C/C=C\CCCCCCCC(O)C(=O)NC(COC1OC(CO)C(O)C(O)C1OC(=O)CCCCCCCCCCCCCCCCCCC/C=C/CCCCCCCC)C(O)/C=C/CCCCCCCCCCCCC. The summed E-state index contributed by atoms with van der Waals surface area (Å²) >= 11 is 0. The summed E-state index contributed by atoms with van der Waals surface area (Å²) in [5, 5.41) is 57.4. The number of rotatable bonds is 67. The fraction of sp³-hybridized carbons (Fsp3) is 0.780. The second-order valence-electron chi connectivity index (χ2n) is 26.7. The van der Waals surface area contributed by atoms with E-state index in [1.165, 1.54) is 193 Å². The number of nitrogens with one attached hydrogen (secondary N) is 1. The van der Waals surface area contributed by atoms with Gasteiger partial charge in [0.05, 0.1) is 25.4 Å². The van der Waals surface area contributed by atoms with Crippen molar-refractivity contribution in [3.8, 4) is 0 Å². The van der Waals surface area contributed by atoms with Crippen molar-refractivity contribution >= 4 is 11.9 Å². The maximum Gasteiger partial charge on any atom is 0.306 e. The molecule has 1 aliphatic heterocycles. The molecule has 0 aromatic heterocycles. The Kier molecular flexibility index (Phi) is 64.5. The maximum atomic E-state index is 13.5. The monoisotopic (exact) mass is 1300 g/mol. The number of ether oxygens (including phenoxy) is 3. The summed E-state index contributed by atoms with van der Waals surface area (Å²) < 4.78 is 17.7. The lowest BCUT2D eigenvalue weighted by molar-refractivity contribution is -0.305. The van der Waals surface area contributed by atoms with Crippen LogP contribution in [-0.2, 0) is 23.8 Å². The third-order valence-corrected chi connectivity index (χ3v) is 18.0. The van der Waals surface area contributed by atoms with E-state index in [1.54, 1.807) is 6.08 Å². The van der Waals surface area contributed by atoms with E-state index in [2.05, 4.69) is 111 Å². The first-order valence-corrected chi connectivity index (χ1v) is 39.0. The van der Waals surface area contributed by atoms with Gasteiger partial charge in [0, 0.05) is 6.42 Å². The second kappa shape index (κ2) is 68.5. The fourth-order valence-corrected chi connectivity index (χ4v) is 11.9. The molecule has 11 nitrogen and oxygen atoms in total. The number of unbranched alkanes of at least 4 members (excludes halogenated alkanes) is 39. The van der Waals surface area contributed by atoms with Crippen LogP contribution in [0.1, 0.15) is 348 Å². The zero-order chi connectivity index (χ0) is 67.4. The van der Waals surface area contributed by atoms with Gasteiger partial charge in [-0.25, -0.2) is 0 Å². The van der Waals surface area contributed by atoms with Crippen LogP contribution in [0, 0.1) is 0 Å². The molecule has 1 rings (SSSR count). The van der Waals surface area contributed by atoms with Crippen molar-refractivity contribution in [3.05, 3.63) is 97.2 Å². The van der Waals surface area contributed by atoms with Gasteiger partial charge >= 0.3 is 5.97 Å². The molecule has 8 atom stereocenters. The molecule has 1 saturated heterocycles. The smallest absolute Gasteiger partial charge is 0.306 e. The Morgan fingerprint density at radius 3 is 1.17 bits per heavy atom. The predicted molar refractivity (Wildman–Crippen MR) is 393 cm³/mol. The van der Waals surface area contributed by atoms with E-state index < -0.39 is 67.4 Å². The molecule has 0 aromatic rings. The highest BCUT2D eigenvalue weighted by molar-refractivity contribution is 5.80. The lowest BCUT2D eigenvalue weighted by atomic mass is 9.99. The van der Waals surface area contributed by atoms with Gasteiger partial charge in [0.1, 0.15) is 24.4 Å². The van der Waals surface area contributed by atoms with Gasteiger partial charge in [-0.1, -0.05) is 336 Å². The number of allylic oxidation sites excluding steroid dienone is 15. The maximum absolute atomic E-state index is 13.5. The van der Waals surface area contributed by atoms with E-state index in [0.29, 0.717) is 12.8 Å². The minimum absolute atomic E-state index is 0.121. The van der Waals surface area contributed by atoms with Crippen molar-refractivity contribution in [2.45, 2.75) is 397 Å². The highest BCUT2D eigenvalue weighted by Crippen LogP contribution is 2.26. The van der Waals surface area contributed by atoms with Crippen LogP contribution >= 0.6 is 0 Å². The van der Waals surface area contributed by atoms with Gasteiger partial charge in [0.25, 0.3) is 0 Å². The van der Waals surface area contributed by atoms with Gasteiger partial charge in [-0.15, -0.1) is 0 Å². The number of esters is 1. The molecule has 11 heteroatoms. The molecule has 0 spiro atoms. The fourth-order valence-electron chi connectivity index (χ4n) is 11.9. The number of amides is 1. The first-order chi connectivity index (χ1) is 45.7. The Morgan fingerprint density at radius 2 is 0.774 bits per heavy atom. The summed E-state index contributed by atoms with van der Waals surface area (Å²) in [6, 6.07) is -1.04. The Labute approximate surface area is 571 Å². The number of aliphatic hydroxyl groups excluding tert-OH is 5. The molecule has 538 valence electrons. The first-order valence-electron chi connectivity index (χ1n) is 39.0. The summed E-state index contributed by atoms with van der Waals surface area (Å²) in [4.78, 5) is 26.8. The lowest BCUT2D eigenvalue weighted by Gasteiger charge is -2.41. The highest BCUT2D eigenvalue weighted by atomic mass is 16.7. The quantitative estimate of drug-likeness (QED) is 0.0195. The lowest BCUT2D eigenvalue weighted by Crippen LogP contribution is -2.61. The van der Waals surface area contributed by atoms with Gasteiger partial charge in [0.15, 0.2) is 12.4 Å². The summed E-state index contributed by atoms with van der Waals surface area (Å²) in [6.45, 7) is 5.71. The van der Waals surface area contributed by atoms with Crippen molar-refractivity contribution < 1.29 is 49.3 Å². The van der Waals surface area contributed by atoms with E-state index in [9.17, 15) is 35.1 Å². The van der Waals surface area contributed by atoms with Gasteiger partial charge in [0.2, 0.25) is 5.91 Å². The average molecular weight is 1310 g/mol. The molecule has 0 radical (unpaired) electrons. The van der Waals surface area contributed by atoms with Gasteiger partial charge in [-0.2, -0.15) is 0 Å². The van der Waals surface area contributed by atoms with Crippen LogP contribution in [0.4, 0.5) is 0 Å². The zero-order valence-corrected chi connectivity index (χ0v) is 60.1. The number of carbonyl (C=O) groups excluding carboxylic acids is 2. The summed E-state index contributed by atoms with van der Waals surface area (Å²) in [6.07, 6.45) is 83.1. The van der Waals surface area contributed by atoms with E-state index >= 15 is 0 Å². The molecular formula is C82H145NO10. The first kappa shape index (κ1) is 87.6. The predicted octanol–water partition coefficient (Wildman–Crippen LogP) is 21.0. The summed E-state index contributed by atoms with van der Waals surface area (Å²) in [5.74, 6) is -1.20. The van der Waals surface area contributed by atoms with Gasteiger partial charge in [-0.05, 0) is 103 Å². The van der Waals surface area contributed by atoms with Crippen molar-refractivity contribution in [1.29, 1.82) is 0 Å². The Morgan fingerprint density at radius 1 is 0.430 bits per heavy atom. The summed E-state index contributed by atoms with van der Waals surface area (Å²) in [7, 11) is 0. The van der Waals surface area contributed by atoms with Crippen molar-refractivity contribution in [1.82, 2.24) is 5.32 Å². The average Bonchev–Trinajstić information content (AvgIpc) is 0.918. The summed E-state index contributed by atoms with van der Waals surface area (Å²) in [5.41, 5.74) is 0. The van der Waals surface area contributed by atoms with Crippen LogP contribution < -0.4 is 5.32 Å². The third kappa shape index (κ3) is 55.3. The normalized spacial score (nSPS) is 18.4. The number of carbonyl (C=O) groups is 2. The minimum Gasteiger partial charge on any atom is -0.454 e. The van der Waals surface area contributed by atoms with E-state index in [-0.39, 0.29) is 19.4 Å².